The van der Waals surface area contributed by atoms with E-state index in [0.717, 1.165) is 31.0 Å². The van der Waals surface area contributed by atoms with Gasteiger partial charge in [-0.1, -0.05) is 60.3 Å². The number of halogens is 1. The van der Waals surface area contributed by atoms with Crippen LogP contribution in [-0.4, -0.2) is 7.28 Å². The first-order valence-electron chi connectivity index (χ1n) is 7.54. The highest BCUT2D eigenvalue weighted by atomic mass is 19.1. The van der Waals surface area contributed by atoms with E-state index in [1.807, 2.05) is 6.07 Å². The lowest BCUT2D eigenvalue weighted by atomic mass is 9.66. The van der Waals surface area contributed by atoms with Gasteiger partial charge in [-0.3, -0.25) is 0 Å². The van der Waals surface area contributed by atoms with Crippen molar-refractivity contribution in [2.75, 3.05) is 0 Å². The Balaban J connectivity index is 1.64. The summed E-state index contributed by atoms with van der Waals surface area (Å²) in [7, 11) is 2.08. The summed E-state index contributed by atoms with van der Waals surface area (Å²) in [6.07, 6.45) is 8.58. The first kappa shape index (κ1) is 15.6. The minimum Gasteiger partial charge on any atom is -0.207 e. The Kier molecular flexibility index (Phi) is 6.27. The van der Waals surface area contributed by atoms with E-state index in [9.17, 15) is 4.39 Å². The number of aryl methyl sites for hydroxylation is 2. The van der Waals surface area contributed by atoms with Crippen LogP contribution in [-0.2, 0) is 6.42 Å². The lowest BCUT2D eigenvalue weighted by Crippen LogP contribution is -2.13. The maximum atomic E-state index is 13.0. The van der Waals surface area contributed by atoms with Crippen molar-refractivity contribution in [2.45, 2.75) is 32.5 Å². The van der Waals surface area contributed by atoms with Crippen LogP contribution < -0.4 is 5.46 Å². The molecular weight excluding hydrogens is 258 g/mol. The highest BCUT2D eigenvalue weighted by Gasteiger charge is 1.97. The molecular formula is C19H21BF. The monoisotopic (exact) mass is 279 g/mol. The average molecular weight is 279 g/mol. The summed E-state index contributed by atoms with van der Waals surface area (Å²) < 4.78 is 13.0. The molecule has 107 valence electrons. The fourth-order valence-electron chi connectivity index (χ4n) is 2.34. The van der Waals surface area contributed by atoms with Crippen molar-refractivity contribution in [3.63, 3.8) is 0 Å². The molecule has 0 spiro atoms. The van der Waals surface area contributed by atoms with Gasteiger partial charge in [0.05, 0.1) is 0 Å². The summed E-state index contributed by atoms with van der Waals surface area (Å²) in [6.45, 7) is 2.16. The second-order valence-corrected chi connectivity index (χ2v) is 5.27. The van der Waals surface area contributed by atoms with Crippen molar-refractivity contribution in [1.29, 1.82) is 0 Å². The Bertz CT molecular complexity index is 590. The molecule has 0 amide bonds. The summed E-state index contributed by atoms with van der Waals surface area (Å²) in [5.74, 6) is -0.169. The third kappa shape index (κ3) is 5.59. The Labute approximate surface area is 128 Å². The maximum Gasteiger partial charge on any atom is 0.152 e. The third-order valence-electron chi connectivity index (χ3n) is 3.57. The van der Waals surface area contributed by atoms with Crippen LogP contribution in [0.3, 0.4) is 0 Å². The number of allylic oxidation sites excluding steroid dienone is 2. The van der Waals surface area contributed by atoms with Gasteiger partial charge in [0.1, 0.15) is 5.82 Å². The summed E-state index contributed by atoms with van der Waals surface area (Å²) in [5.41, 5.74) is 3.75. The molecule has 0 saturated heterocycles. The van der Waals surface area contributed by atoms with Gasteiger partial charge in [-0.05, 0) is 49.4 Å². The van der Waals surface area contributed by atoms with Gasteiger partial charge >= 0.3 is 0 Å². The topological polar surface area (TPSA) is 0 Å². The van der Waals surface area contributed by atoms with Gasteiger partial charge < -0.3 is 0 Å². The van der Waals surface area contributed by atoms with E-state index in [2.05, 4.69) is 50.6 Å². The van der Waals surface area contributed by atoms with Crippen molar-refractivity contribution in [3.05, 3.63) is 77.6 Å². The second-order valence-electron chi connectivity index (χ2n) is 5.27. The number of rotatable bonds is 7. The van der Waals surface area contributed by atoms with Crippen LogP contribution in [0.25, 0.3) is 0 Å². The van der Waals surface area contributed by atoms with E-state index in [0.29, 0.717) is 0 Å². The van der Waals surface area contributed by atoms with Crippen LogP contribution in [0.5, 0.6) is 0 Å². The highest BCUT2D eigenvalue weighted by Crippen LogP contribution is 2.09. The molecule has 0 aromatic heterocycles. The average Bonchev–Trinajstić information content (AvgIpc) is 2.48. The van der Waals surface area contributed by atoms with Gasteiger partial charge in [0.15, 0.2) is 7.28 Å². The number of hydrogen-bond acceptors (Lipinski definition) is 0. The largest absolute Gasteiger partial charge is 0.207 e. The lowest BCUT2D eigenvalue weighted by Gasteiger charge is -2.02. The molecule has 0 atom stereocenters. The molecule has 0 nitrogen and oxygen atoms in total. The molecule has 2 aromatic carbocycles. The first-order chi connectivity index (χ1) is 10.3. The van der Waals surface area contributed by atoms with E-state index in [4.69, 9.17) is 0 Å². The van der Waals surface area contributed by atoms with Gasteiger partial charge in [0, 0.05) is 0 Å². The zero-order valence-electron chi connectivity index (χ0n) is 12.6. The Morgan fingerprint density at radius 2 is 1.81 bits per heavy atom. The Morgan fingerprint density at radius 3 is 2.62 bits per heavy atom. The Morgan fingerprint density at radius 1 is 1.00 bits per heavy atom. The Hall–Kier alpha value is -1.83. The molecule has 0 unspecified atom stereocenters. The molecule has 0 aliphatic carbocycles. The molecule has 2 aromatic rings. The van der Waals surface area contributed by atoms with Crippen LogP contribution in [0.15, 0.2) is 60.7 Å². The minimum atomic E-state index is -0.169. The lowest BCUT2D eigenvalue weighted by molar-refractivity contribution is 0.629. The van der Waals surface area contributed by atoms with Crippen molar-refractivity contribution >= 4 is 12.7 Å². The van der Waals surface area contributed by atoms with E-state index >= 15 is 0 Å². The highest BCUT2D eigenvalue weighted by molar-refractivity contribution is 6.53. The fraction of sp³-hybridized carbons (Fsp3) is 0.263. The van der Waals surface area contributed by atoms with Gasteiger partial charge in [0.2, 0.25) is 0 Å². The van der Waals surface area contributed by atoms with Crippen molar-refractivity contribution in [3.8, 4) is 0 Å². The van der Waals surface area contributed by atoms with Gasteiger partial charge in [-0.25, -0.2) is 4.39 Å². The molecule has 0 saturated carbocycles. The van der Waals surface area contributed by atoms with E-state index < -0.39 is 0 Å². The minimum absolute atomic E-state index is 0.169. The standard InChI is InChI=1S/C19H21BF/c1-16-9-5-6-11-17(16)10-4-2-3-7-14-20-18-12-8-13-19(21)15-18/h2-3,5-6,8-9,11-13,15H,4,7,10,14H2,1H3. The summed E-state index contributed by atoms with van der Waals surface area (Å²) in [6, 6.07) is 15.3. The van der Waals surface area contributed by atoms with Crippen molar-refractivity contribution in [2.24, 2.45) is 0 Å². The normalized spacial score (nSPS) is 11.0. The second kappa shape index (κ2) is 8.46. The summed E-state index contributed by atoms with van der Waals surface area (Å²) in [4.78, 5) is 0. The van der Waals surface area contributed by atoms with Crippen LogP contribution in [0, 0.1) is 12.7 Å². The predicted molar refractivity (Wildman–Crippen MR) is 89.9 cm³/mol. The molecule has 0 aliphatic heterocycles. The van der Waals surface area contributed by atoms with Crippen molar-refractivity contribution in [1.82, 2.24) is 0 Å². The smallest absolute Gasteiger partial charge is 0.152 e. The molecule has 2 heteroatoms. The number of benzene rings is 2. The maximum absolute atomic E-state index is 13.0. The predicted octanol–water partition coefficient (Wildman–Crippen LogP) is 4.46. The van der Waals surface area contributed by atoms with Gasteiger partial charge in [-0.2, -0.15) is 0 Å². The summed E-state index contributed by atoms with van der Waals surface area (Å²) >= 11 is 0. The SMILES string of the molecule is Cc1ccccc1CCC=CCC[B]c1cccc(F)c1. The van der Waals surface area contributed by atoms with E-state index in [1.165, 1.54) is 17.2 Å². The molecule has 0 aliphatic rings. The van der Waals surface area contributed by atoms with E-state index in [1.54, 1.807) is 12.1 Å². The van der Waals surface area contributed by atoms with Crippen LogP contribution in [0.1, 0.15) is 24.0 Å². The van der Waals surface area contributed by atoms with Crippen molar-refractivity contribution < 1.29 is 4.39 Å². The van der Waals surface area contributed by atoms with Gasteiger partial charge in [0.25, 0.3) is 0 Å². The van der Waals surface area contributed by atoms with E-state index in [-0.39, 0.29) is 5.82 Å². The number of hydrogen-bond donors (Lipinski definition) is 0. The summed E-state index contributed by atoms with van der Waals surface area (Å²) in [5, 5.41) is 0. The molecule has 1 radical (unpaired) electrons. The van der Waals surface area contributed by atoms with Crippen LogP contribution >= 0.6 is 0 Å². The molecule has 2 rings (SSSR count). The third-order valence-corrected chi connectivity index (χ3v) is 3.57. The molecule has 0 bridgehead atoms. The molecule has 0 fully saturated rings. The zero-order chi connectivity index (χ0) is 14.9. The quantitative estimate of drug-likeness (QED) is 0.399. The molecule has 0 heterocycles. The van der Waals surface area contributed by atoms with Crippen LogP contribution in [0.2, 0.25) is 6.32 Å². The van der Waals surface area contributed by atoms with Crippen LogP contribution in [0.4, 0.5) is 4.39 Å². The molecule has 0 N–H and O–H groups in total. The van der Waals surface area contributed by atoms with Gasteiger partial charge in [-0.15, -0.1) is 0 Å². The first-order valence-corrected chi connectivity index (χ1v) is 7.54. The molecule has 21 heavy (non-hydrogen) atoms. The zero-order valence-corrected chi connectivity index (χ0v) is 12.6. The fourth-order valence-corrected chi connectivity index (χ4v) is 2.34.